The molecule has 128 valence electrons. The van der Waals surface area contributed by atoms with E-state index in [0.717, 1.165) is 30.5 Å². The van der Waals surface area contributed by atoms with E-state index in [1.54, 1.807) is 0 Å². The Bertz CT molecular complexity index is 816. The molecule has 0 bridgehead atoms. The van der Waals surface area contributed by atoms with Crippen LogP contribution in [0.2, 0.25) is 0 Å². The Kier molecular flexibility index (Phi) is 5.01. The number of nitrogens with one attached hydrogen (secondary N) is 1. The normalized spacial score (nSPS) is 15.8. The molecule has 0 fully saturated rings. The van der Waals surface area contributed by atoms with Crippen molar-refractivity contribution in [3.63, 3.8) is 0 Å². The van der Waals surface area contributed by atoms with Crippen LogP contribution in [0.5, 0.6) is 0 Å². The summed E-state index contributed by atoms with van der Waals surface area (Å²) >= 11 is 0. The highest BCUT2D eigenvalue weighted by Crippen LogP contribution is 2.27. The second-order valence-electron chi connectivity index (χ2n) is 6.27. The maximum atomic E-state index is 13.0. The van der Waals surface area contributed by atoms with E-state index >= 15 is 0 Å². The monoisotopic (exact) mass is 347 g/mol. The summed E-state index contributed by atoms with van der Waals surface area (Å²) in [6.45, 7) is 1.96. The molecule has 0 amide bonds. The standard InChI is InChI=1S/C19H22FNO2S/c1-2-19(16-8-7-14-5-3-4-6-15(14)13-16)21-24(22,23)18-11-9-17(20)10-12-18/h7-13,19,21H,2-6H2,1H3/t19-/m0/s1. The Labute approximate surface area is 143 Å². The van der Waals surface area contributed by atoms with Crippen molar-refractivity contribution in [3.8, 4) is 0 Å². The van der Waals surface area contributed by atoms with Gasteiger partial charge in [-0.3, -0.25) is 0 Å². The predicted octanol–water partition coefficient (Wildman–Crippen LogP) is 4.13. The highest BCUT2D eigenvalue weighted by atomic mass is 32.2. The molecule has 0 aromatic heterocycles. The van der Waals surface area contributed by atoms with Gasteiger partial charge in [0.15, 0.2) is 0 Å². The molecule has 0 saturated carbocycles. The first-order chi connectivity index (χ1) is 11.5. The van der Waals surface area contributed by atoms with Gasteiger partial charge in [-0.05, 0) is 73.1 Å². The number of sulfonamides is 1. The lowest BCUT2D eigenvalue weighted by Crippen LogP contribution is -2.28. The zero-order valence-corrected chi connectivity index (χ0v) is 14.6. The van der Waals surface area contributed by atoms with Gasteiger partial charge in [0.25, 0.3) is 0 Å². The molecule has 0 unspecified atom stereocenters. The first-order valence-corrected chi connectivity index (χ1v) is 9.87. The third-order valence-electron chi connectivity index (χ3n) is 4.60. The van der Waals surface area contributed by atoms with Gasteiger partial charge in [0.05, 0.1) is 4.90 Å². The molecule has 2 aromatic carbocycles. The molecule has 1 N–H and O–H groups in total. The van der Waals surface area contributed by atoms with E-state index in [9.17, 15) is 12.8 Å². The molecule has 0 spiro atoms. The van der Waals surface area contributed by atoms with Gasteiger partial charge in [-0.1, -0.05) is 25.1 Å². The number of fused-ring (bicyclic) bond motifs is 1. The van der Waals surface area contributed by atoms with Crippen LogP contribution in [0, 0.1) is 5.82 Å². The lowest BCUT2D eigenvalue weighted by Gasteiger charge is -2.21. The van der Waals surface area contributed by atoms with Gasteiger partial charge in [-0.15, -0.1) is 0 Å². The number of aryl methyl sites for hydroxylation is 2. The molecule has 3 rings (SSSR count). The maximum Gasteiger partial charge on any atom is 0.241 e. The third-order valence-corrected chi connectivity index (χ3v) is 6.09. The quantitative estimate of drug-likeness (QED) is 0.884. The van der Waals surface area contributed by atoms with E-state index in [1.165, 1.54) is 36.1 Å². The highest BCUT2D eigenvalue weighted by molar-refractivity contribution is 7.89. The van der Waals surface area contributed by atoms with Crippen molar-refractivity contribution in [3.05, 3.63) is 65.0 Å². The average molecular weight is 347 g/mol. The van der Waals surface area contributed by atoms with Gasteiger partial charge >= 0.3 is 0 Å². The fourth-order valence-electron chi connectivity index (χ4n) is 3.23. The summed E-state index contributed by atoms with van der Waals surface area (Å²) in [5, 5.41) is 0. The lowest BCUT2D eigenvalue weighted by molar-refractivity contribution is 0.549. The molecule has 0 radical (unpaired) electrons. The van der Waals surface area contributed by atoms with Crippen LogP contribution >= 0.6 is 0 Å². The smallest absolute Gasteiger partial charge is 0.207 e. The molecule has 5 heteroatoms. The summed E-state index contributed by atoms with van der Waals surface area (Å²) < 4.78 is 40.8. The van der Waals surface area contributed by atoms with Crippen LogP contribution in [0.15, 0.2) is 47.4 Å². The van der Waals surface area contributed by atoms with E-state index < -0.39 is 15.8 Å². The van der Waals surface area contributed by atoms with Gasteiger partial charge in [0, 0.05) is 6.04 Å². The van der Waals surface area contributed by atoms with E-state index in [2.05, 4.69) is 16.9 Å². The largest absolute Gasteiger partial charge is 0.241 e. The van der Waals surface area contributed by atoms with Crippen molar-refractivity contribution < 1.29 is 12.8 Å². The van der Waals surface area contributed by atoms with Crippen LogP contribution in [0.3, 0.4) is 0 Å². The number of rotatable bonds is 5. The highest BCUT2D eigenvalue weighted by Gasteiger charge is 2.21. The van der Waals surface area contributed by atoms with Crippen LogP contribution in [0.25, 0.3) is 0 Å². The lowest BCUT2D eigenvalue weighted by atomic mass is 9.89. The molecule has 2 aromatic rings. The molecule has 0 heterocycles. The van der Waals surface area contributed by atoms with Crippen LogP contribution in [0.1, 0.15) is 48.9 Å². The van der Waals surface area contributed by atoms with Gasteiger partial charge in [0.2, 0.25) is 10.0 Å². The number of hydrogen-bond acceptors (Lipinski definition) is 2. The van der Waals surface area contributed by atoms with E-state index in [0.29, 0.717) is 6.42 Å². The zero-order valence-electron chi connectivity index (χ0n) is 13.8. The fraction of sp³-hybridized carbons (Fsp3) is 0.368. The third kappa shape index (κ3) is 3.68. The molecular weight excluding hydrogens is 325 g/mol. The van der Waals surface area contributed by atoms with Crippen molar-refractivity contribution in [1.82, 2.24) is 4.72 Å². The van der Waals surface area contributed by atoms with Gasteiger partial charge in [0.1, 0.15) is 5.82 Å². The molecule has 1 aliphatic rings. The van der Waals surface area contributed by atoms with Crippen LogP contribution < -0.4 is 4.72 Å². The predicted molar refractivity (Wildman–Crippen MR) is 92.8 cm³/mol. The number of benzene rings is 2. The minimum atomic E-state index is -3.67. The first kappa shape index (κ1) is 17.1. The summed E-state index contributed by atoms with van der Waals surface area (Å²) in [5.41, 5.74) is 3.70. The van der Waals surface area contributed by atoms with Gasteiger partial charge < -0.3 is 0 Å². The number of halogens is 1. The van der Waals surface area contributed by atoms with E-state index in [-0.39, 0.29) is 10.9 Å². The minimum absolute atomic E-state index is 0.0836. The molecule has 3 nitrogen and oxygen atoms in total. The Morgan fingerprint density at radius 1 is 1.04 bits per heavy atom. The summed E-state index contributed by atoms with van der Waals surface area (Å²) in [6, 6.07) is 10.9. The SMILES string of the molecule is CC[C@H](NS(=O)(=O)c1ccc(F)cc1)c1ccc2c(c1)CCCC2. The van der Waals surface area contributed by atoms with E-state index in [1.807, 2.05) is 13.0 Å². The molecule has 0 saturated heterocycles. The van der Waals surface area contributed by atoms with Crippen molar-refractivity contribution in [2.75, 3.05) is 0 Å². The summed E-state index contributed by atoms with van der Waals surface area (Å²) in [4.78, 5) is 0.0836. The topological polar surface area (TPSA) is 46.2 Å². The molecule has 1 atom stereocenters. The Morgan fingerprint density at radius 2 is 1.71 bits per heavy atom. The van der Waals surface area contributed by atoms with Crippen molar-refractivity contribution in [2.24, 2.45) is 0 Å². The Morgan fingerprint density at radius 3 is 2.38 bits per heavy atom. The van der Waals surface area contributed by atoms with Crippen LogP contribution in [-0.4, -0.2) is 8.42 Å². The second-order valence-corrected chi connectivity index (χ2v) is 7.99. The summed E-state index contributed by atoms with van der Waals surface area (Å²) in [5.74, 6) is -0.448. The average Bonchev–Trinajstić information content (AvgIpc) is 2.59. The Hall–Kier alpha value is -1.72. The maximum absolute atomic E-state index is 13.0. The molecule has 1 aliphatic carbocycles. The summed E-state index contributed by atoms with van der Waals surface area (Å²) in [7, 11) is -3.67. The Balaban J connectivity index is 1.85. The van der Waals surface area contributed by atoms with Gasteiger partial charge in [-0.25, -0.2) is 17.5 Å². The van der Waals surface area contributed by atoms with E-state index in [4.69, 9.17) is 0 Å². The zero-order chi connectivity index (χ0) is 17.2. The minimum Gasteiger partial charge on any atom is -0.207 e. The first-order valence-electron chi connectivity index (χ1n) is 8.39. The van der Waals surface area contributed by atoms with Crippen LogP contribution in [0.4, 0.5) is 4.39 Å². The van der Waals surface area contributed by atoms with Crippen LogP contribution in [-0.2, 0) is 22.9 Å². The van der Waals surface area contributed by atoms with Crippen molar-refractivity contribution >= 4 is 10.0 Å². The number of hydrogen-bond donors (Lipinski definition) is 1. The van der Waals surface area contributed by atoms with Gasteiger partial charge in [-0.2, -0.15) is 0 Å². The van der Waals surface area contributed by atoms with Crippen molar-refractivity contribution in [2.45, 2.75) is 50.0 Å². The molecule has 0 aliphatic heterocycles. The summed E-state index contributed by atoms with van der Waals surface area (Å²) in [6.07, 6.45) is 5.23. The second kappa shape index (κ2) is 7.03. The fourth-order valence-corrected chi connectivity index (χ4v) is 4.53. The van der Waals surface area contributed by atoms with Crippen molar-refractivity contribution in [1.29, 1.82) is 0 Å². The molecular formula is C19H22FNO2S. The molecule has 24 heavy (non-hydrogen) atoms.